The highest BCUT2D eigenvalue weighted by molar-refractivity contribution is 6.04. The topological polar surface area (TPSA) is 71.3 Å². The van der Waals surface area contributed by atoms with Gasteiger partial charge in [-0.15, -0.1) is 0 Å². The molecular weight excluding hydrogens is 376 g/mol. The van der Waals surface area contributed by atoms with Crippen molar-refractivity contribution in [1.82, 2.24) is 5.32 Å². The van der Waals surface area contributed by atoms with E-state index in [0.29, 0.717) is 11.3 Å². The first-order valence-electron chi connectivity index (χ1n) is 9.77. The van der Waals surface area contributed by atoms with Crippen LogP contribution in [0.2, 0.25) is 0 Å². The highest BCUT2D eigenvalue weighted by atomic mass is 16.3. The molecule has 5 nitrogen and oxygen atoms in total. The third-order valence-electron chi connectivity index (χ3n) is 5.13. The summed E-state index contributed by atoms with van der Waals surface area (Å²) in [7, 11) is 0. The van der Waals surface area contributed by atoms with E-state index in [2.05, 4.69) is 28.8 Å². The molecule has 0 spiro atoms. The maximum atomic E-state index is 12.9. The molecule has 1 aromatic heterocycles. The Morgan fingerprint density at radius 1 is 0.900 bits per heavy atom. The number of anilines is 1. The van der Waals surface area contributed by atoms with Gasteiger partial charge in [0.15, 0.2) is 5.76 Å². The number of aryl methyl sites for hydroxylation is 1. The van der Waals surface area contributed by atoms with Crippen LogP contribution in [0.4, 0.5) is 5.69 Å². The van der Waals surface area contributed by atoms with Crippen LogP contribution < -0.4 is 10.6 Å². The average molecular weight is 398 g/mol. The number of fused-ring (bicyclic) bond motifs is 1. The number of hydrogen-bond donors (Lipinski definition) is 2. The lowest BCUT2D eigenvalue weighted by atomic mass is 9.99. The third kappa shape index (κ3) is 3.96. The first-order valence-corrected chi connectivity index (χ1v) is 9.77. The van der Waals surface area contributed by atoms with Crippen molar-refractivity contribution in [1.29, 1.82) is 0 Å². The van der Waals surface area contributed by atoms with Crippen LogP contribution in [0.3, 0.4) is 0 Å². The molecule has 0 aliphatic heterocycles. The molecule has 1 atom stereocenters. The Morgan fingerprint density at radius 2 is 1.70 bits per heavy atom. The normalized spacial score (nSPS) is 11.8. The van der Waals surface area contributed by atoms with Crippen molar-refractivity contribution in [3.05, 3.63) is 102 Å². The lowest BCUT2D eigenvalue weighted by Gasteiger charge is -2.17. The number of benzene rings is 3. The molecule has 0 saturated heterocycles. The maximum Gasteiger partial charge on any atom is 0.291 e. The molecule has 0 aliphatic carbocycles. The van der Waals surface area contributed by atoms with Gasteiger partial charge in [0, 0.05) is 11.3 Å². The molecule has 0 aliphatic rings. The van der Waals surface area contributed by atoms with Crippen molar-refractivity contribution in [2.75, 3.05) is 5.32 Å². The van der Waals surface area contributed by atoms with E-state index in [0.717, 1.165) is 21.9 Å². The molecule has 1 heterocycles. The van der Waals surface area contributed by atoms with Crippen LogP contribution >= 0.6 is 0 Å². The van der Waals surface area contributed by atoms with Gasteiger partial charge in [0.2, 0.25) is 0 Å². The smallest absolute Gasteiger partial charge is 0.291 e. The Balaban J connectivity index is 1.54. The summed E-state index contributed by atoms with van der Waals surface area (Å²) in [6.07, 6.45) is 1.44. The molecule has 5 heteroatoms. The SMILES string of the molecule is Cc1ccc(C(=O)N[C@H](C)c2cccc3ccccc23)cc1NC(=O)c1ccco1. The fraction of sp³-hybridized carbons (Fsp3) is 0.120. The summed E-state index contributed by atoms with van der Waals surface area (Å²) in [4.78, 5) is 25.2. The summed E-state index contributed by atoms with van der Waals surface area (Å²) in [6.45, 7) is 3.84. The molecule has 4 aromatic rings. The van der Waals surface area contributed by atoms with Crippen LogP contribution in [-0.2, 0) is 0 Å². The quantitative estimate of drug-likeness (QED) is 0.467. The summed E-state index contributed by atoms with van der Waals surface area (Å²) in [5.41, 5.74) is 2.96. The van der Waals surface area contributed by atoms with Gasteiger partial charge in [0.25, 0.3) is 11.8 Å². The Morgan fingerprint density at radius 3 is 2.50 bits per heavy atom. The minimum atomic E-state index is -0.357. The third-order valence-corrected chi connectivity index (χ3v) is 5.13. The van der Waals surface area contributed by atoms with Crippen LogP contribution in [0.15, 0.2) is 83.5 Å². The zero-order valence-corrected chi connectivity index (χ0v) is 16.8. The standard InChI is InChI=1S/C25H22N2O3/c1-16-12-13-19(15-22(16)27-25(29)23-11-6-14-30-23)24(28)26-17(2)20-10-5-8-18-7-3-4-9-21(18)20/h3-15,17H,1-2H3,(H,26,28)(H,27,29)/t17-/m1/s1. The molecule has 0 bridgehead atoms. The van der Waals surface area contributed by atoms with E-state index >= 15 is 0 Å². The fourth-order valence-electron chi connectivity index (χ4n) is 3.48. The van der Waals surface area contributed by atoms with Crippen molar-refractivity contribution in [3.8, 4) is 0 Å². The Labute approximate surface area is 174 Å². The number of furan rings is 1. The Kier molecular flexibility index (Phi) is 5.35. The van der Waals surface area contributed by atoms with Crippen molar-refractivity contribution in [2.24, 2.45) is 0 Å². The van der Waals surface area contributed by atoms with Crippen LogP contribution in [0.25, 0.3) is 10.8 Å². The van der Waals surface area contributed by atoms with E-state index in [1.165, 1.54) is 6.26 Å². The second-order valence-corrected chi connectivity index (χ2v) is 7.22. The van der Waals surface area contributed by atoms with Crippen LogP contribution in [0.1, 0.15) is 45.0 Å². The summed E-state index contributed by atoms with van der Waals surface area (Å²) in [5, 5.41) is 8.11. The van der Waals surface area contributed by atoms with Crippen molar-refractivity contribution < 1.29 is 14.0 Å². The molecule has 2 amide bonds. The van der Waals surface area contributed by atoms with E-state index in [4.69, 9.17) is 4.42 Å². The number of hydrogen-bond acceptors (Lipinski definition) is 3. The van der Waals surface area contributed by atoms with E-state index in [9.17, 15) is 9.59 Å². The molecular formula is C25H22N2O3. The van der Waals surface area contributed by atoms with Gasteiger partial charge in [-0.2, -0.15) is 0 Å². The van der Waals surface area contributed by atoms with Gasteiger partial charge in [-0.05, 0) is 60.0 Å². The monoisotopic (exact) mass is 398 g/mol. The van der Waals surface area contributed by atoms with Crippen molar-refractivity contribution >= 4 is 28.3 Å². The molecule has 150 valence electrons. The summed E-state index contributed by atoms with van der Waals surface area (Å²) < 4.78 is 5.13. The number of amides is 2. The number of carbonyl (C=O) groups excluding carboxylic acids is 2. The zero-order valence-electron chi connectivity index (χ0n) is 16.8. The first kappa shape index (κ1) is 19.5. The molecule has 0 unspecified atom stereocenters. The second kappa shape index (κ2) is 8.25. The van der Waals surface area contributed by atoms with E-state index in [-0.39, 0.29) is 23.6 Å². The maximum absolute atomic E-state index is 12.9. The van der Waals surface area contributed by atoms with Gasteiger partial charge >= 0.3 is 0 Å². The second-order valence-electron chi connectivity index (χ2n) is 7.22. The van der Waals surface area contributed by atoms with Crippen molar-refractivity contribution in [3.63, 3.8) is 0 Å². The minimum absolute atomic E-state index is 0.175. The average Bonchev–Trinajstić information content (AvgIpc) is 3.30. The van der Waals surface area contributed by atoms with Gasteiger partial charge in [-0.25, -0.2) is 0 Å². The summed E-state index contributed by atoms with van der Waals surface area (Å²) >= 11 is 0. The highest BCUT2D eigenvalue weighted by Crippen LogP contribution is 2.25. The molecule has 2 N–H and O–H groups in total. The molecule has 0 saturated carbocycles. The highest BCUT2D eigenvalue weighted by Gasteiger charge is 2.16. The lowest BCUT2D eigenvalue weighted by molar-refractivity contribution is 0.0938. The number of carbonyl (C=O) groups is 2. The molecule has 4 rings (SSSR count). The predicted octanol–water partition coefficient (Wildman–Crippen LogP) is 5.48. The van der Waals surface area contributed by atoms with E-state index < -0.39 is 0 Å². The molecule has 0 radical (unpaired) electrons. The summed E-state index contributed by atoms with van der Waals surface area (Å²) in [5.74, 6) is -0.345. The largest absolute Gasteiger partial charge is 0.459 e. The van der Waals surface area contributed by atoms with Gasteiger partial charge < -0.3 is 15.1 Å². The van der Waals surface area contributed by atoms with Gasteiger partial charge in [-0.3, -0.25) is 9.59 Å². The molecule has 0 fully saturated rings. The van der Waals surface area contributed by atoms with E-state index in [1.54, 1.807) is 24.3 Å². The Hall–Kier alpha value is -3.86. The lowest BCUT2D eigenvalue weighted by Crippen LogP contribution is -2.27. The number of rotatable bonds is 5. The van der Waals surface area contributed by atoms with Crippen LogP contribution in [0.5, 0.6) is 0 Å². The molecule has 30 heavy (non-hydrogen) atoms. The fourth-order valence-corrected chi connectivity index (χ4v) is 3.48. The predicted molar refractivity (Wildman–Crippen MR) is 118 cm³/mol. The van der Waals surface area contributed by atoms with Gasteiger partial charge in [-0.1, -0.05) is 48.5 Å². The van der Waals surface area contributed by atoms with Crippen LogP contribution in [0, 0.1) is 6.92 Å². The van der Waals surface area contributed by atoms with Crippen molar-refractivity contribution in [2.45, 2.75) is 19.9 Å². The zero-order chi connectivity index (χ0) is 21.1. The Bertz CT molecular complexity index is 1210. The van der Waals surface area contributed by atoms with E-state index in [1.807, 2.05) is 44.2 Å². The van der Waals surface area contributed by atoms with Gasteiger partial charge in [0.1, 0.15) is 0 Å². The summed E-state index contributed by atoms with van der Waals surface area (Å²) in [6, 6.07) is 22.5. The number of nitrogens with one attached hydrogen (secondary N) is 2. The first-order chi connectivity index (χ1) is 14.5. The minimum Gasteiger partial charge on any atom is -0.459 e. The van der Waals surface area contributed by atoms with Crippen LogP contribution in [-0.4, -0.2) is 11.8 Å². The van der Waals surface area contributed by atoms with Gasteiger partial charge in [0.05, 0.1) is 12.3 Å². The molecule has 3 aromatic carbocycles.